The minimum Gasteiger partial charge on any atom is -0.345 e. The van der Waals surface area contributed by atoms with Gasteiger partial charge in [0, 0.05) is 68.9 Å². The van der Waals surface area contributed by atoms with Gasteiger partial charge in [0.05, 0.1) is 23.5 Å². The fraction of sp³-hybridized carbons (Fsp3) is 0.894. The first-order chi connectivity index (χ1) is 33.5. The summed E-state index contributed by atoms with van der Waals surface area (Å²) < 4.78 is 141. The molecule has 340 valence electrons. The van der Waals surface area contributed by atoms with Crippen LogP contribution in [0.2, 0.25) is 0 Å². The monoisotopic (exact) mass is 872 g/mol. The molecule has 4 aliphatic carbocycles. The molecule has 1 unspecified atom stereocenters. The highest BCUT2D eigenvalue weighted by molar-refractivity contribution is 7.87. The van der Waals surface area contributed by atoms with Crippen molar-refractivity contribution in [2.24, 2.45) is 44.8 Å². The Bertz CT molecular complexity index is 2280. The topological polar surface area (TPSA) is 153 Å². The maximum Gasteiger partial charge on any atom is 0.303 e. The first-order valence-electron chi connectivity index (χ1n) is 29.3. The molecule has 2 aliphatic heterocycles. The van der Waals surface area contributed by atoms with E-state index in [-0.39, 0.29) is 61.9 Å². The highest BCUT2D eigenvalue weighted by Crippen LogP contribution is 2.88. The summed E-state index contributed by atoms with van der Waals surface area (Å²) >= 11 is 0. The van der Waals surface area contributed by atoms with E-state index in [1.54, 1.807) is 32.4 Å². The Morgan fingerprint density at radius 3 is 2.15 bits per heavy atom. The lowest BCUT2D eigenvalue weighted by Gasteiger charge is -2.40. The Kier molecular flexibility index (Phi) is 9.07. The Labute approximate surface area is 381 Å². The second-order valence-corrected chi connectivity index (χ2v) is 22.1. The van der Waals surface area contributed by atoms with Crippen molar-refractivity contribution in [3.05, 3.63) is 0 Å². The van der Waals surface area contributed by atoms with Gasteiger partial charge in [-0.15, -0.1) is 0 Å². The van der Waals surface area contributed by atoms with E-state index in [0.717, 1.165) is 38.5 Å². The fourth-order valence-corrected chi connectivity index (χ4v) is 13.3. The van der Waals surface area contributed by atoms with Crippen LogP contribution in [-0.4, -0.2) is 102 Å². The summed E-state index contributed by atoms with van der Waals surface area (Å²) in [6, 6.07) is -5.27. The van der Waals surface area contributed by atoms with Crippen LogP contribution in [0.4, 0.5) is 0 Å². The van der Waals surface area contributed by atoms with Gasteiger partial charge < -0.3 is 10.2 Å². The molecule has 0 bridgehead atoms. The molecule has 0 aromatic rings. The molecule has 0 aromatic carbocycles. The van der Waals surface area contributed by atoms with Gasteiger partial charge in [-0.05, 0) is 99.8 Å². The summed E-state index contributed by atoms with van der Waals surface area (Å²) in [5.41, 5.74) is -3.80. The summed E-state index contributed by atoms with van der Waals surface area (Å²) in [5.74, 6) is -5.41. The number of nitrogens with one attached hydrogen (secondary N) is 2. The van der Waals surface area contributed by atoms with Crippen molar-refractivity contribution in [2.45, 2.75) is 196 Å². The molecule has 4 saturated carbocycles. The normalized spacial score (nSPS) is 36.7. The number of carbonyl (C=O) groups excluding carboxylic acids is 5. The highest BCUT2D eigenvalue weighted by Gasteiger charge is 2.85. The third-order valence-corrected chi connectivity index (χ3v) is 17.7. The lowest BCUT2D eigenvalue weighted by Crippen LogP contribution is -2.57. The van der Waals surface area contributed by atoms with Gasteiger partial charge >= 0.3 is 10.2 Å². The summed E-state index contributed by atoms with van der Waals surface area (Å²) in [4.78, 5) is 77.5. The van der Waals surface area contributed by atoms with Crippen molar-refractivity contribution in [1.29, 1.82) is 0 Å². The largest absolute Gasteiger partial charge is 0.345 e. The number of amides is 3. The number of hydrogen-bond donors (Lipinski definition) is 2. The molecule has 6 aliphatic rings. The van der Waals surface area contributed by atoms with Gasteiger partial charge in [-0.25, -0.2) is 4.72 Å². The molecule has 6 rings (SSSR count). The van der Waals surface area contributed by atoms with Crippen molar-refractivity contribution < 1.29 is 51.6 Å². The fourth-order valence-electron chi connectivity index (χ4n) is 12.5. The number of carbonyl (C=O) groups is 5. The first-order valence-corrected chi connectivity index (χ1v) is 23.7. The van der Waals surface area contributed by atoms with Crippen LogP contribution in [0, 0.1) is 44.8 Å². The molecule has 13 heteroatoms. The summed E-state index contributed by atoms with van der Waals surface area (Å²) in [6.07, 6.45) is 7.34. The number of Topliss-reactive ketones (excluding diaryl/α,β-unsaturated/α-hetero) is 2. The van der Waals surface area contributed by atoms with Gasteiger partial charge in [-0.2, -0.15) is 12.7 Å². The molecule has 6 fully saturated rings. The number of fused-ring (bicyclic) bond motifs is 1. The maximum absolute atomic E-state index is 15.6. The average molecular weight is 872 g/mol. The molecule has 2 N–H and O–H groups in total. The van der Waals surface area contributed by atoms with E-state index < -0.39 is 136 Å². The Morgan fingerprint density at radius 1 is 0.933 bits per heavy atom. The third-order valence-electron chi connectivity index (χ3n) is 16.5. The molecule has 2 saturated heterocycles. The average Bonchev–Trinajstić information content (AvgIpc) is 3.97. The zero-order valence-corrected chi connectivity index (χ0v) is 37.6. The van der Waals surface area contributed by atoms with E-state index >= 15 is 14.4 Å². The molecule has 3 amide bonds. The molecular weight excluding hydrogens is 779 g/mol. The first kappa shape index (κ1) is 31.5. The van der Waals surface area contributed by atoms with Crippen molar-refractivity contribution in [1.82, 2.24) is 24.1 Å². The predicted octanol–water partition coefficient (Wildman–Crippen LogP) is 6.81. The molecular formula is C47H79N5O7S. The van der Waals surface area contributed by atoms with Crippen LogP contribution in [0.5, 0.6) is 0 Å². The predicted molar refractivity (Wildman–Crippen MR) is 234 cm³/mol. The standard InChI is InChI=1S/C47H79N5O7S/c1-11-33-27-45(33,42(57)49-60(58,59)50(12-2)13-3)29-38(54)36-28-47(44(9,10)46(47)23-19-24-46)30-52(36)41(56)34(43(6,7)8)26-37(53)39(32-20-15-14-16-21-32)48-40(55)35-22-17-18-25-51(35)31(4)5/h31-36,39H,11-30H2,1-10H3,(H,48,55)(H,49,57)/t33-,34-,35+,36+,39+,45-,47-/m1/s1/i2D3,3D3,4D3,12D2,13D2,31D/t31?,33-,34-,35+,36+,39+,45-,47-. The van der Waals surface area contributed by atoms with Crippen LogP contribution in [0.25, 0.3) is 0 Å². The molecule has 12 nitrogen and oxygen atoms in total. The van der Waals surface area contributed by atoms with Gasteiger partial charge in [0.15, 0.2) is 11.6 Å². The smallest absolute Gasteiger partial charge is 0.303 e. The summed E-state index contributed by atoms with van der Waals surface area (Å²) in [7, 11) is -5.98. The SMILES string of the molecule is [2H]C([2H])([2H])C([2H])([2H])N(C([2H])([2H])C([2H])([2H])[2H])S(=O)(=O)NC(=O)[C@@]1(CC(=O)[C@@H]2C[C@@]3(CN2C(=O)[C@@H](CC(=O)[C@@H](NC(=O)[C@@H]2CCCCN2C([2H])(C)C([2H])([2H])[2H])C2CCCCC2)C(C)(C)C)C(C)(C)C32CCC2)C[C@H]1CC. The number of hydrogen-bond acceptors (Lipinski definition) is 8. The second kappa shape index (κ2) is 17.3. The number of nitrogens with zero attached hydrogens (tertiary/aromatic N) is 3. The lowest BCUT2D eigenvalue weighted by atomic mass is 9.73. The van der Waals surface area contributed by atoms with Crippen LogP contribution < -0.4 is 10.0 Å². The quantitative estimate of drug-likeness (QED) is 0.162. The second-order valence-electron chi connectivity index (χ2n) is 20.6. The Hall–Kier alpha value is -2.38. The van der Waals surface area contributed by atoms with E-state index in [1.807, 2.05) is 0 Å². The van der Waals surface area contributed by atoms with E-state index in [2.05, 4.69) is 19.2 Å². The van der Waals surface area contributed by atoms with Crippen LogP contribution in [0.1, 0.15) is 191 Å². The van der Waals surface area contributed by atoms with Crippen LogP contribution in [0.15, 0.2) is 0 Å². The zero-order valence-electron chi connectivity index (χ0n) is 50.8. The molecule has 60 heavy (non-hydrogen) atoms. The lowest BCUT2D eigenvalue weighted by molar-refractivity contribution is -0.147. The van der Waals surface area contributed by atoms with Gasteiger partial charge in [0.25, 0.3) is 0 Å². The number of likely N-dealkylation sites (tertiary alicyclic amines) is 2. The van der Waals surface area contributed by atoms with Crippen LogP contribution >= 0.6 is 0 Å². The van der Waals surface area contributed by atoms with Gasteiger partial charge in [0.1, 0.15) is 0 Å². The molecule has 2 spiro atoms. The van der Waals surface area contributed by atoms with E-state index in [1.165, 1.54) is 16.7 Å². The molecule has 0 radical (unpaired) electrons. The van der Waals surface area contributed by atoms with E-state index in [9.17, 15) is 18.0 Å². The minimum absolute atomic E-state index is 0.0700. The van der Waals surface area contributed by atoms with E-state index in [4.69, 9.17) is 19.2 Å². The number of rotatable bonds is 17. The zero-order chi connectivity index (χ0) is 56.2. The molecule has 0 aromatic heterocycles. The number of piperidine rings is 1. The van der Waals surface area contributed by atoms with Gasteiger partial charge in [0.2, 0.25) is 17.7 Å². The molecule has 2 heterocycles. The Morgan fingerprint density at radius 2 is 1.60 bits per heavy atom. The maximum atomic E-state index is 15.6. The van der Waals surface area contributed by atoms with E-state index in [0.29, 0.717) is 25.7 Å². The summed E-state index contributed by atoms with van der Waals surface area (Å²) in [5, 5.41) is 3.01. The van der Waals surface area contributed by atoms with Crippen LogP contribution in [-0.2, 0) is 34.2 Å². The van der Waals surface area contributed by atoms with Gasteiger partial charge in [-0.3, -0.25) is 28.9 Å². The highest BCUT2D eigenvalue weighted by atomic mass is 32.2. The Balaban J connectivity index is 1.32. The van der Waals surface area contributed by atoms with Crippen molar-refractivity contribution in [3.8, 4) is 0 Å². The van der Waals surface area contributed by atoms with Gasteiger partial charge in [-0.1, -0.05) is 93.8 Å². The van der Waals surface area contributed by atoms with Crippen molar-refractivity contribution in [3.63, 3.8) is 0 Å². The van der Waals surface area contributed by atoms with Crippen molar-refractivity contribution in [2.75, 3.05) is 26.1 Å². The van der Waals surface area contributed by atoms with Crippen molar-refractivity contribution >= 4 is 39.5 Å². The molecule has 8 atom stereocenters. The van der Waals surface area contributed by atoms with Crippen LogP contribution in [0.3, 0.4) is 0 Å². The third kappa shape index (κ3) is 8.16. The summed E-state index contributed by atoms with van der Waals surface area (Å²) in [6.45, 7) is -6.09. The minimum atomic E-state index is -5.98. The number of ketones is 2.